The summed E-state index contributed by atoms with van der Waals surface area (Å²) in [6.45, 7) is 2.16. The quantitative estimate of drug-likeness (QED) is 0.655. The van der Waals surface area contributed by atoms with Gasteiger partial charge in [0.05, 0.1) is 0 Å². The van der Waals surface area contributed by atoms with Crippen LogP contribution in [0.2, 0.25) is 0 Å². The number of rotatable bonds is 10. The molecule has 0 saturated carbocycles. The number of nitrogens with one attached hydrogen (secondary N) is 1. The van der Waals surface area contributed by atoms with E-state index in [4.69, 9.17) is 9.84 Å². The maximum Gasteiger partial charge on any atom is 0.341 e. The second-order valence-electron chi connectivity index (χ2n) is 6.28. The van der Waals surface area contributed by atoms with Crippen molar-refractivity contribution in [1.82, 2.24) is 10.2 Å². The Morgan fingerprint density at radius 3 is 2.43 bits per heavy atom. The van der Waals surface area contributed by atoms with Gasteiger partial charge in [0.25, 0.3) is 0 Å². The third-order valence-corrected chi connectivity index (χ3v) is 4.02. The molecule has 0 aliphatic heterocycles. The van der Waals surface area contributed by atoms with E-state index in [1.807, 2.05) is 36.4 Å². The molecule has 0 bridgehead atoms. The minimum absolute atomic E-state index is 0.0834. The van der Waals surface area contributed by atoms with Crippen LogP contribution >= 0.6 is 0 Å². The standard InChI is InChI=1S/C21H24N2O5/c1-16(24)23(14-17-6-3-2-4-7-17)11-10-20(25)22-13-18-8-5-9-19(12-18)28-15-21(26)27/h2-9,12H,10-11,13-15H2,1H3,(H,22,25)(H,26,27). The predicted molar refractivity (Wildman–Crippen MR) is 104 cm³/mol. The molecule has 2 aromatic carbocycles. The molecule has 0 aliphatic rings. The van der Waals surface area contributed by atoms with Crippen LogP contribution in [0.3, 0.4) is 0 Å². The topological polar surface area (TPSA) is 95.9 Å². The van der Waals surface area contributed by atoms with Crippen molar-refractivity contribution in [3.8, 4) is 5.75 Å². The lowest BCUT2D eigenvalue weighted by atomic mass is 10.2. The van der Waals surface area contributed by atoms with Crippen molar-refractivity contribution in [2.45, 2.75) is 26.4 Å². The number of aliphatic carboxylic acids is 1. The second kappa shape index (κ2) is 10.7. The van der Waals surface area contributed by atoms with E-state index in [-0.39, 0.29) is 18.2 Å². The Morgan fingerprint density at radius 2 is 1.75 bits per heavy atom. The van der Waals surface area contributed by atoms with Crippen LogP contribution in [0.15, 0.2) is 54.6 Å². The third-order valence-electron chi connectivity index (χ3n) is 4.02. The van der Waals surface area contributed by atoms with Gasteiger partial charge in [-0.2, -0.15) is 0 Å². The summed E-state index contributed by atoms with van der Waals surface area (Å²) in [6, 6.07) is 16.5. The number of hydrogen-bond donors (Lipinski definition) is 2. The SMILES string of the molecule is CC(=O)N(CCC(=O)NCc1cccc(OCC(=O)O)c1)Cc1ccccc1. The van der Waals surface area contributed by atoms with Crippen LogP contribution in [0, 0.1) is 0 Å². The molecular weight excluding hydrogens is 360 g/mol. The molecule has 0 heterocycles. The molecule has 148 valence electrons. The molecule has 28 heavy (non-hydrogen) atoms. The van der Waals surface area contributed by atoms with Crippen molar-refractivity contribution in [3.05, 3.63) is 65.7 Å². The maximum atomic E-state index is 12.1. The van der Waals surface area contributed by atoms with Crippen LogP contribution in [0.25, 0.3) is 0 Å². The normalized spacial score (nSPS) is 10.2. The van der Waals surface area contributed by atoms with E-state index < -0.39 is 12.6 Å². The highest BCUT2D eigenvalue weighted by atomic mass is 16.5. The highest BCUT2D eigenvalue weighted by molar-refractivity contribution is 5.78. The summed E-state index contributed by atoms with van der Waals surface area (Å²) in [5, 5.41) is 11.4. The predicted octanol–water partition coefficient (Wildman–Crippen LogP) is 2.20. The van der Waals surface area contributed by atoms with Crippen molar-refractivity contribution in [1.29, 1.82) is 0 Å². The Labute approximate surface area is 163 Å². The lowest BCUT2D eigenvalue weighted by Gasteiger charge is -2.21. The van der Waals surface area contributed by atoms with E-state index in [1.165, 1.54) is 6.92 Å². The number of carboxylic acid groups (broad SMARTS) is 1. The fourth-order valence-electron chi connectivity index (χ4n) is 2.57. The van der Waals surface area contributed by atoms with E-state index in [9.17, 15) is 14.4 Å². The first-order valence-corrected chi connectivity index (χ1v) is 8.93. The fraction of sp³-hybridized carbons (Fsp3) is 0.286. The summed E-state index contributed by atoms with van der Waals surface area (Å²) in [5.74, 6) is -0.875. The molecule has 7 heteroatoms. The van der Waals surface area contributed by atoms with Crippen LogP contribution < -0.4 is 10.1 Å². The van der Waals surface area contributed by atoms with Gasteiger partial charge in [0.1, 0.15) is 5.75 Å². The lowest BCUT2D eigenvalue weighted by Crippen LogP contribution is -2.33. The van der Waals surface area contributed by atoms with Crippen molar-refractivity contribution >= 4 is 17.8 Å². The molecule has 0 fully saturated rings. The zero-order chi connectivity index (χ0) is 20.4. The fourth-order valence-corrected chi connectivity index (χ4v) is 2.57. The van der Waals surface area contributed by atoms with Crippen LogP contribution in [-0.2, 0) is 27.5 Å². The van der Waals surface area contributed by atoms with Gasteiger partial charge in [-0.1, -0.05) is 42.5 Å². The van der Waals surface area contributed by atoms with Crippen molar-refractivity contribution in [2.75, 3.05) is 13.2 Å². The average molecular weight is 384 g/mol. The highest BCUT2D eigenvalue weighted by Gasteiger charge is 2.12. The zero-order valence-electron chi connectivity index (χ0n) is 15.8. The second-order valence-corrected chi connectivity index (χ2v) is 6.28. The van der Waals surface area contributed by atoms with E-state index in [2.05, 4.69) is 5.32 Å². The summed E-state index contributed by atoms with van der Waals surface area (Å²) >= 11 is 0. The first-order chi connectivity index (χ1) is 13.4. The van der Waals surface area contributed by atoms with Gasteiger partial charge in [-0.25, -0.2) is 4.79 Å². The summed E-state index contributed by atoms with van der Waals surface area (Å²) in [6.07, 6.45) is 0.196. The van der Waals surface area contributed by atoms with Gasteiger partial charge in [0.2, 0.25) is 11.8 Å². The smallest absolute Gasteiger partial charge is 0.341 e. The monoisotopic (exact) mass is 384 g/mol. The molecule has 0 atom stereocenters. The summed E-state index contributed by atoms with van der Waals surface area (Å²) in [4.78, 5) is 36.2. The minimum Gasteiger partial charge on any atom is -0.482 e. The molecule has 2 rings (SSSR count). The molecule has 2 aromatic rings. The Hall–Kier alpha value is -3.35. The maximum absolute atomic E-state index is 12.1. The van der Waals surface area contributed by atoms with E-state index in [0.29, 0.717) is 25.4 Å². The summed E-state index contributed by atoms with van der Waals surface area (Å²) in [5.41, 5.74) is 1.81. The first kappa shape index (κ1) is 21.0. The zero-order valence-corrected chi connectivity index (χ0v) is 15.8. The van der Waals surface area contributed by atoms with Gasteiger partial charge in [-0.3, -0.25) is 9.59 Å². The van der Waals surface area contributed by atoms with Crippen LogP contribution in [0.4, 0.5) is 0 Å². The Bertz CT molecular complexity index is 807. The number of hydrogen-bond acceptors (Lipinski definition) is 4. The van der Waals surface area contributed by atoms with Crippen molar-refractivity contribution < 1.29 is 24.2 Å². The Kier molecular flexibility index (Phi) is 8.02. The molecule has 0 aromatic heterocycles. The van der Waals surface area contributed by atoms with Crippen molar-refractivity contribution in [2.24, 2.45) is 0 Å². The number of carbonyl (C=O) groups is 3. The lowest BCUT2D eigenvalue weighted by molar-refractivity contribution is -0.139. The molecule has 0 aliphatic carbocycles. The molecule has 0 radical (unpaired) electrons. The van der Waals surface area contributed by atoms with Crippen LogP contribution in [0.1, 0.15) is 24.5 Å². The van der Waals surface area contributed by atoms with E-state index in [1.54, 1.807) is 23.1 Å². The van der Waals surface area contributed by atoms with Gasteiger partial charge >= 0.3 is 5.97 Å². The number of carboxylic acids is 1. The molecule has 0 unspecified atom stereocenters. The van der Waals surface area contributed by atoms with Crippen LogP contribution in [0.5, 0.6) is 5.75 Å². The first-order valence-electron chi connectivity index (χ1n) is 8.93. The Morgan fingerprint density at radius 1 is 1.04 bits per heavy atom. The average Bonchev–Trinajstić information content (AvgIpc) is 2.69. The molecule has 2 amide bonds. The summed E-state index contributed by atoms with van der Waals surface area (Å²) in [7, 11) is 0. The number of nitrogens with zero attached hydrogens (tertiary/aromatic N) is 1. The van der Waals surface area contributed by atoms with Gasteiger partial charge in [0.15, 0.2) is 6.61 Å². The number of benzene rings is 2. The number of carbonyl (C=O) groups excluding carboxylic acids is 2. The summed E-state index contributed by atoms with van der Waals surface area (Å²) < 4.78 is 5.12. The highest BCUT2D eigenvalue weighted by Crippen LogP contribution is 2.13. The Balaban J connectivity index is 1.80. The van der Waals surface area contributed by atoms with Gasteiger partial charge in [-0.05, 0) is 23.3 Å². The third kappa shape index (κ3) is 7.49. The minimum atomic E-state index is -1.05. The van der Waals surface area contributed by atoms with Gasteiger partial charge in [-0.15, -0.1) is 0 Å². The van der Waals surface area contributed by atoms with Crippen LogP contribution in [-0.4, -0.2) is 40.9 Å². The molecule has 2 N–H and O–H groups in total. The molecule has 0 spiro atoms. The van der Waals surface area contributed by atoms with Crippen molar-refractivity contribution in [3.63, 3.8) is 0 Å². The number of ether oxygens (including phenoxy) is 1. The molecular formula is C21H24N2O5. The number of amides is 2. The van der Waals surface area contributed by atoms with Gasteiger partial charge < -0.3 is 20.1 Å². The van der Waals surface area contributed by atoms with Gasteiger partial charge in [0, 0.05) is 33.0 Å². The molecule has 7 nitrogen and oxygen atoms in total. The van der Waals surface area contributed by atoms with E-state index in [0.717, 1.165) is 11.1 Å². The molecule has 0 saturated heterocycles. The largest absolute Gasteiger partial charge is 0.482 e. The van der Waals surface area contributed by atoms with E-state index >= 15 is 0 Å².